The van der Waals surface area contributed by atoms with E-state index < -0.39 is 16.0 Å². The molecule has 106 valence electrons. The average Bonchev–Trinajstić information content (AvgIpc) is 2.26. The lowest BCUT2D eigenvalue weighted by Crippen LogP contribution is -2.30. The number of esters is 1. The maximum Gasteiger partial charge on any atom is 0.306 e. The van der Waals surface area contributed by atoms with Gasteiger partial charge in [-0.15, -0.1) is 0 Å². The highest BCUT2D eigenvalue weighted by Crippen LogP contribution is 1.93. The lowest BCUT2D eigenvalue weighted by molar-refractivity contribution is -0.142. The highest BCUT2D eigenvalue weighted by atomic mass is 32.2. The minimum absolute atomic E-state index is 0.143. The lowest BCUT2D eigenvalue weighted by atomic mass is 10.4. The molecule has 0 aromatic carbocycles. The number of carbonyl (C=O) groups is 1. The van der Waals surface area contributed by atoms with Crippen LogP contribution in [0.15, 0.2) is 12.2 Å². The quantitative estimate of drug-likeness (QED) is 0.357. The highest BCUT2D eigenvalue weighted by molar-refractivity contribution is 7.89. The van der Waals surface area contributed by atoms with Crippen LogP contribution >= 0.6 is 0 Å². The Kier molecular flexibility index (Phi) is 8.61. The normalized spacial score (nSPS) is 11.2. The number of carbonyl (C=O) groups excluding carboxylic acids is 1. The molecular weight excluding hydrogens is 258 g/mol. The van der Waals surface area contributed by atoms with E-state index in [0.717, 1.165) is 5.57 Å². The lowest BCUT2D eigenvalue weighted by Gasteiger charge is -2.07. The van der Waals surface area contributed by atoms with Gasteiger partial charge in [-0.25, -0.2) is 13.1 Å². The Morgan fingerprint density at radius 1 is 1.39 bits per heavy atom. The molecule has 0 aliphatic carbocycles. The number of nitrogens with one attached hydrogen (secondary N) is 1. The summed E-state index contributed by atoms with van der Waals surface area (Å²) in [6, 6.07) is 0. The standard InChI is InChI=1S/C11H21NO5S/c1-4-17-11(13)5-8-18(14,15)12-6-7-16-9-10(2)3/h12H,2,4-9H2,1,3H3. The molecule has 0 atom stereocenters. The van der Waals surface area contributed by atoms with Gasteiger partial charge in [-0.3, -0.25) is 4.79 Å². The molecule has 0 unspecified atom stereocenters. The summed E-state index contributed by atoms with van der Waals surface area (Å²) in [6.45, 7) is 8.25. The summed E-state index contributed by atoms with van der Waals surface area (Å²) in [5, 5.41) is 0. The second-order valence-electron chi connectivity index (χ2n) is 3.78. The van der Waals surface area contributed by atoms with E-state index in [1.807, 2.05) is 6.92 Å². The minimum atomic E-state index is -3.45. The van der Waals surface area contributed by atoms with E-state index >= 15 is 0 Å². The smallest absolute Gasteiger partial charge is 0.306 e. The fraction of sp³-hybridized carbons (Fsp3) is 0.727. The van der Waals surface area contributed by atoms with Crippen molar-refractivity contribution in [1.82, 2.24) is 4.72 Å². The molecule has 0 amide bonds. The summed E-state index contributed by atoms with van der Waals surface area (Å²) < 4.78 is 35.0. The molecule has 0 saturated heterocycles. The first-order chi connectivity index (χ1) is 8.37. The zero-order valence-corrected chi connectivity index (χ0v) is 11.7. The molecule has 0 aliphatic rings. The second kappa shape index (κ2) is 9.07. The first kappa shape index (κ1) is 17.1. The molecule has 0 spiro atoms. The average molecular weight is 279 g/mol. The monoisotopic (exact) mass is 279 g/mol. The first-order valence-electron chi connectivity index (χ1n) is 5.72. The van der Waals surface area contributed by atoms with Crippen molar-refractivity contribution in [3.05, 3.63) is 12.2 Å². The largest absolute Gasteiger partial charge is 0.466 e. The summed E-state index contributed by atoms with van der Waals surface area (Å²) in [4.78, 5) is 11.0. The van der Waals surface area contributed by atoms with E-state index in [1.165, 1.54) is 0 Å². The Bertz CT molecular complexity index is 364. The van der Waals surface area contributed by atoms with Gasteiger partial charge >= 0.3 is 5.97 Å². The topological polar surface area (TPSA) is 81.7 Å². The van der Waals surface area contributed by atoms with Gasteiger partial charge in [0.05, 0.1) is 32.0 Å². The minimum Gasteiger partial charge on any atom is -0.466 e. The van der Waals surface area contributed by atoms with Crippen LogP contribution in [0.4, 0.5) is 0 Å². The molecule has 7 heteroatoms. The van der Waals surface area contributed by atoms with Crippen molar-refractivity contribution in [2.24, 2.45) is 0 Å². The van der Waals surface area contributed by atoms with Crippen molar-refractivity contribution in [3.8, 4) is 0 Å². The van der Waals surface area contributed by atoms with Crippen LogP contribution in [0.5, 0.6) is 0 Å². The van der Waals surface area contributed by atoms with Gasteiger partial charge in [0.1, 0.15) is 0 Å². The van der Waals surface area contributed by atoms with Crippen molar-refractivity contribution < 1.29 is 22.7 Å². The number of hydrogen-bond acceptors (Lipinski definition) is 5. The van der Waals surface area contributed by atoms with Crippen LogP contribution in [0.1, 0.15) is 20.3 Å². The number of hydrogen-bond donors (Lipinski definition) is 1. The number of ether oxygens (including phenoxy) is 2. The van der Waals surface area contributed by atoms with Gasteiger partial charge < -0.3 is 9.47 Å². The maximum atomic E-state index is 11.4. The Morgan fingerprint density at radius 3 is 2.61 bits per heavy atom. The molecule has 18 heavy (non-hydrogen) atoms. The highest BCUT2D eigenvalue weighted by Gasteiger charge is 2.13. The molecule has 0 rings (SSSR count). The third kappa shape index (κ3) is 10.2. The third-order valence-electron chi connectivity index (χ3n) is 1.80. The zero-order valence-electron chi connectivity index (χ0n) is 10.9. The van der Waals surface area contributed by atoms with Crippen LogP contribution in [0.2, 0.25) is 0 Å². The summed E-state index contributed by atoms with van der Waals surface area (Å²) in [5.74, 6) is -0.784. The summed E-state index contributed by atoms with van der Waals surface area (Å²) >= 11 is 0. The molecule has 0 fully saturated rings. The molecule has 0 heterocycles. The molecule has 0 aromatic rings. The predicted molar refractivity (Wildman–Crippen MR) is 68.7 cm³/mol. The van der Waals surface area contributed by atoms with Gasteiger partial charge in [0.15, 0.2) is 0 Å². The summed E-state index contributed by atoms with van der Waals surface area (Å²) in [7, 11) is -3.45. The molecular formula is C11H21NO5S. The number of sulfonamides is 1. The Labute approximate surface area is 108 Å². The van der Waals surface area contributed by atoms with Crippen LogP contribution in [-0.4, -0.2) is 46.5 Å². The molecule has 0 aromatic heterocycles. The Balaban J connectivity index is 3.74. The predicted octanol–water partition coefficient (Wildman–Crippen LogP) is 0.452. The molecule has 6 nitrogen and oxygen atoms in total. The second-order valence-corrected chi connectivity index (χ2v) is 5.70. The van der Waals surface area contributed by atoms with Crippen molar-refractivity contribution in [2.45, 2.75) is 20.3 Å². The van der Waals surface area contributed by atoms with Crippen molar-refractivity contribution in [2.75, 3.05) is 32.1 Å². The molecule has 1 N–H and O–H groups in total. The fourth-order valence-corrected chi connectivity index (χ4v) is 2.01. The van der Waals surface area contributed by atoms with Crippen LogP contribution in [0.3, 0.4) is 0 Å². The van der Waals surface area contributed by atoms with E-state index in [9.17, 15) is 13.2 Å². The SMILES string of the molecule is C=C(C)COCCNS(=O)(=O)CCC(=O)OCC. The molecule has 0 bridgehead atoms. The third-order valence-corrected chi connectivity index (χ3v) is 3.18. The van der Waals surface area contributed by atoms with Crippen LogP contribution in [-0.2, 0) is 24.3 Å². The summed E-state index contributed by atoms with van der Waals surface area (Å²) in [5.41, 5.74) is 0.875. The van der Waals surface area contributed by atoms with Gasteiger partial charge in [0.25, 0.3) is 0 Å². The van der Waals surface area contributed by atoms with E-state index in [1.54, 1.807) is 6.92 Å². The van der Waals surface area contributed by atoms with Crippen LogP contribution in [0, 0.1) is 0 Å². The maximum absolute atomic E-state index is 11.4. The van der Waals surface area contributed by atoms with Crippen LogP contribution in [0.25, 0.3) is 0 Å². The van der Waals surface area contributed by atoms with Gasteiger partial charge in [0.2, 0.25) is 10.0 Å². The molecule has 0 radical (unpaired) electrons. The van der Waals surface area contributed by atoms with Crippen molar-refractivity contribution >= 4 is 16.0 Å². The Hall–Kier alpha value is -0.920. The van der Waals surface area contributed by atoms with E-state index in [2.05, 4.69) is 16.0 Å². The van der Waals surface area contributed by atoms with Gasteiger partial charge in [-0.05, 0) is 13.8 Å². The Morgan fingerprint density at radius 2 is 2.06 bits per heavy atom. The van der Waals surface area contributed by atoms with Crippen LogP contribution < -0.4 is 4.72 Å². The summed E-state index contributed by atoms with van der Waals surface area (Å²) in [6.07, 6.45) is -0.143. The van der Waals surface area contributed by atoms with Gasteiger partial charge in [0, 0.05) is 6.54 Å². The molecule has 0 saturated carbocycles. The van der Waals surface area contributed by atoms with Crippen molar-refractivity contribution in [1.29, 1.82) is 0 Å². The first-order valence-corrected chi connectivity index (χ1v) is 7.37. The van der Waals surface area contributed by atoms with E-state index in [0.29, 0.717) is 6.61 Å². The van der Waals surface area contributed by atoms with E-state index in [4.69, 9.17) is 4.74 Å². The van der Waals surface area contributed by atoms with E-state index in [-0.39, 0.29) is 31.9 Å². The zero-order chi connectivity index (χ0) is 14.0. The van der Waals surface area contributed by atoms with Crippen molar-refractivity contribution in [3.63, 3.8) is 0 Å². The fourth-order valence-electron chi connectivity index (χ4n) is 1.04. The molecule has 0 aliphatic heterocycles. The van der Waals surface area contributed by atoms with Gasteiger partial charge in [-0.1, -0.05) is 12.2 Å². The number of rotatable bonds is 10. The van der Waals surface area contributed by atoms with Gasteiger partial charge in [-0.2, -0.15) is 0 Å².